The first-order valence-electron chi connectivity index (χ1n) is 7.00. The summed E-state index contributed by atoms with van der Waals surface area (Å²) in [6.07, 6.45) is 4.23. The van der Waals surface area contributed by atoms with Crippen LogP contribution in [0.5, 0.6) is 0 Å². The van der Waals surface area contributed by atoms with E-state index in [2.05, 4.69) is 0 Å². The topological polar surface area (TPSA) is 52.6 Å². The highest BCUT2D eigenvalue weighted by Crippen LogP contribution is 2.27. The van der Waals surface area contributed by atoms with E-state index in [1.54, 1.807) is 31.4 Å². The van der Waals surface area contributed by atoms with Gasteiger partial charge in [-0.15, -0.1) is 0 Å². The van der Waals surface area contributed by atoms with Crippen molar-refractivity contribution in [2.75, 3.05) is 13.7 Å². The van der Waals surface area contributed by atoms with Crippen molar-refractivity contribution in [1.82, 2.24) is 0 Å². The lowest BCUT2D eigenvalue weighted by Gasteiger charge is -2.27. The molecule has 1 aromatic carbocycles. The second kappa shape index (κ2) is 6.70. The summed E-state index contributed by atoms with van der Waals surface area (Å²) in [5.41, 5.74) is 1.03. The van der Waals surface area contributed by atoms with Gasteiger partial charge in [-0.3, -0.25) is 4.18 Å². The molecule has 1 fully saturated rings. The lowest BCUT2D eigenvalue weighted by atomic mass is 9.88. The molecule has 0 bridgehead atoms. The van der Waals surface area contributed by atoms with Gasteiger partial charge >= 0.3 is 0 Å². The summed E-state index contributed by atoms with van der Waals surface area (Å²) in [4.78, 5) is 0.224. The van der Waals surface area contributed by atoms with E-state index in [1.807, 2.05) is 6.92 Å². The van der Waals surface area contributed by atoms with Crippen molar-refractivity contribution in [2.45, 2.75) is 43.6 Å². The third-order valence-electron chi connectivity index (χ3n) is 3.84. The van der Waals surface area contributed by atoms with Gasteiger partial charge in [0.15, 0.2) is 0 Å². The first kappa shape index (κ1) is 15.5. The second-order valence-corrected chi connectivity index (χ2v) is 7.06. The molecule has 20 heavy (non-hydrogen) atoms. The summed E-state index contributed by atoms with van der Waals surface area (Å²) in [5.74, 6) is 0.258. The summed E-state index contributed by atoms with van der Waals surface area (Å²) in [6, 6.07) is 6.72. The van der Waals surface area contributed by atoms with Crippen LogP contribution >= 0.6 is 0 Å². The number of ether oxygens (including phenoxy) is 1. The van der Waals surface area contributed by atoms with Crippen molar-refractivity contribution in [3.8, 4) is 0 Å². The fraction of sp³-hybridized carbons (Fsp3) is 0.600. The summed E-state index contributed by atoms with van der Waals surface area (Å²) in [7, 11) is -1.94. The maximum atomic E-state index is 12.1. The van der Waals surface area contributed by atoms with Crippen molar-refractivity contribution < 1.29 is 17.3 Å². The molecule has 2 atom stereocenters. The van der Waals surface area contributed by atoms with Gasteiger partial charge in [-0.1, -0.05) is 24.1 Å². The number of aryl methyl sites for hydroxylation is 1. The Morgan fingerprint density at radius 1 is 1.20 bits per heavy atom. The van der Waals surface area contributed by atoms with Crippen LogP contribution in [0.15, 0.2) is 29.2 Å². The van der Waals surface area contributed by atoms with E-state index in [9.17, 15) is 8.42 Å². The Bertz CT molecular complexity index is 521. The quantitative estimate of drug-likeness (QED) is 0.784. The zero-order chi connectivity index (χ0) is 14.6. The third kappa shape index (κ3) is 4.04. The normalized spacial score (nSPS) is 23.7. The molecule has 0 radical (unpaired) electrons. The largest absolute Gasteiger partial charge is 0.381 e. The number of rotatable bonds is 5. The molecule has 0 aromatic heterocycles. The smallest absolute Gasteiger partial charge is 0.296 e. The van der Waals surface area contributed by atoms with E-state index in [4.69, 9.17) is 8.92 Å². The molecule has 1 aliphatic rings. The van der Waals surface area contributed by atoms with Crippen LogP contribution in [0.25, 0.3) is 0 Å². The molecule has 5 heteroatoms. The van der Waals surface area contributed by atoms with E-state index in [0.29, 0.717) is 0 Å². The van der Waals surface area contributed by atoms with Crippen LogP contribution in [-0.4, -0.2) is 28.2 Å². The maximum Gasteiger partial charge on any atom is 0.296 e. The van der Waals surface area contributed by atoms with E-state index in [1.165, 1.54) is 0 Å². The molecule has 0 saturated heterocycles. The fourth-order valence-corrected chi connectivity index (χ4v) is 3.54. The van der Waals surface area contributed by atoms with Crippen molar-refractivity contribution in [1.29, 1.82) is 0 Å². The van der Waals surface area contributed by atoms with Gasteiger partial charge in [-0.2, -0.15) is 8.42 Å². The molecule has 1 aliphatic carbocycles. The molecule has 112 valence electrons. The molecular formula is C15H22O4S. The van der Waals surface area contributed by atoms with Gasteiger partial charge < -0.3 is 4.74 Å². The van der Waals surface area contributed by atoms with Crippen LogP contribution in [0.1, 0.15) is 31.2 Å². The van der Waals surface area contributed by atoms with Crippen molar-refractivity contribution in [3.63, 3.8) is 0 Å². The summed E-state index contributed by atoms with van der Waals surface area (Å²) in [6.45, 7) is 2.17. The van der Waals surface area contributed by atoms with Gasteiger partial charge in [-0.25, -0.2) is 0 Å². The van der Waals surface area contributed by atoms with E-state index in [0.717, 1.165) is 31.2 Å². The van der Waals surface area contributed by atoms with Crippen LogP contribution in [0, 0.1) is 12.8 Å². The Morgan fingerprint density at radius 3 is 2.55 bits per heavy atom. The monoisotopic (exact) mass is 298 g/mol. The van der Waals surface area contributed by atoms with Gasteiger partial charge in [0, 0.05) is 7.11 Å². The molecule has 0 aliphatic heterocycles. The highest BCUT2D eigenvalue weighted by Gasteiger charge is 2.24. The average Bonchev–Trinajstić information content (AvgIpc) is 2.46. The van der Waals surface area contributed by atoms with Crippen molar-refractivity contribution in [3.05, 3.63) is 29.8 Å². The molecule has 1 aromatic rings. The predicted octanol–water partition coefficient (Wildman–Crippen LogP) is 2.91. The first-order valence-corrected chi connectivity index (χ1v) is 8.41. The lowest BCUT2D eigenvalue weighted by molar-refractivity contribution is 0.0400. The highest BCUT2D eigenvalue weighted by atomic mass is 32.2. The van der Waals surface area contributed by atoms with Crippen LogP contribution in [0.2, 0.25) is 0 Å². The molecule has 0 heterocycles. The van der Waals surface area contributed by atoms with E-state index < -0.39 is 10.1 Å². The summed E-state index contributed by atoms with van der Waals surface area (Å²) in [5, 5.41) is 0. The second-order valence-electron chi connectivity index (χ2n) is 5.44. The van der Waals surface area contributed by atoms with Crippen LogP contribution in [-0.2, 0) is 19.0 Å². The van der Waals surface area contributed by atoms with Crippen LogP contribution in [0.4, 0.5) is 0 Å². The van der Waals surface area contributed by atoms with Crippen LogP contribution in [0.3, 0.4) is 0 Å². The van der Waals surface area contributed by atoms with E-state index >= 15 is 0 Å². The lowest BCUT2D eigenvalue weighted by Crippen LogP contribution is -2.25. The van der Waals surface area contributed by atoms with Crippen LogP contribution < -0.4 is 0 Å². The standard InChI is InChI=1S/C15H22O4S/c1-12-6-8-15(9-7-12)20(16,17)19-11-13-4-3-5-14(10-13)18-2/h6-9,13-14H,3-5,10-11H2,1-2H3/t13-,14+/m1/s1. The minimum atomic E-state index is -3.64. The Balaban J connectivity index is 1.94. The Hall–Kier alpha value is -0.910. The van der Waals surface area contributed by atoms with E-state index in [-0.39, 0.29) is 23.5 Å². The molecular weight excluding hydrogens is 276 g/mol. The molecule has 0 amide bonds. The van der Waals surface area contributed by atoms with Gasteiger partial charge in [0.25, 0.3) is 10.1 Å². The maximum absolute atomic E-state index is 12.1. The van der Waals surface area contributed by atoms with Gasteiger partial charge in [-0.05, 0) is 44.2 Å². The molecule has 1 saturated carbocycles. The Morgan fingerprint density at radius 2 is 1.90 bits per heavy atom. The highest BCUT2D eigenvalue weighted by molar-refractivity contribution is 7.86. The van der Waals surface area contributed by atoms with Gasteiger partial charge in [0.1, 0.15) is 0 Å². The summed E-state index contributed by atoms with van der Waals surface area (Å²) >= 11 is 0. The minimum absolute atomic E-state index is 0.224. The number of benzene rings is 1. The molecule has 0 spiro atoms. The Kier molecular flexibility index (Phi) is 5.18. The minimum Gasteiger partial charge on any atom is -0.381 e. The van der Waals surface area contributed by atoms with Gasteiger partial charge in [0.2, 0.25) is 0 Å². The van der Waals surface area contributed by atoms with Gasteiger partial charge in [0.05, 0.1) is 17.6 Å². The van der Waals surface area contributed by atoms with Crippen molar-refractivity contribution in [2.24, 2.45) is 5.92 Å². The fourth-order valence-electron chi connectivity index (χ4n) is 2.57. The molecule has 2 rings (SSSR count). The Labute approximate surface area is 121 Å². The van der Waals surface area contributed by atoms with Crippen molar-refractivity contribution >= 4 is 10.1 Å². The molecule has 0 unspecified atom stereocenters. The zero-order valence-corrected chi connectivity index (χ0v) is 12.9. The number of hydrogen-bond donors (Lipinski definition) is 0. The molecule has 4 nitrogen and oxygen atoms in total. The SMILES string of the molecule is CO[C@H]1CCC[C@@H](COS(=O)(=O)c2ccc(C)cc2)C1. The summed E-state index contributed by atoms with van der Waals surface area (Å²) < 4.78 is 34.7. The third-order valence-corrected chi connectivity index (χ3v) is 5.13. The predicted molar refractivity (Wildman–Crippen MR) is 77.1 cm³/mol. The number of hydrogen-bond acceptors (Lipinski definition) is 4. The molecule has 0 N–H and O–H groups in total. The zero-order valence-electron chi connectivity index (χ0n) is 12.0. The average molecular weight is 298 g/mol. The first-order chi connectivity index (χ1) is 9.51. The number of methoxy groups -OCH3 is 1.